The second-order valence-corrected chi connectivity index (χ2v) is 4.89. The van der Waals surface area contributed by atoms with Crippen molar-refractivity contribution in [3.8, 4) is 5.75 Å². The van der Waals surface area contributed by atoms with Crippen molar-refractivity contribution < 1.29 is 14.5 Å². The smallest absolute Gasteiger partial charge is 0.311 e. The van der Waals surface area contributed by atoms with E-state index in [4.69, 9.17) is 16.3 Å². The summed E-state index contributed by atoms with van der Waals surface area (Å²) in [5.74, 6) is -0.471. The second kappa shape index (κ2) is 8.88. The number of nitro groups is 1. The molecule has 24 heavy (non-hydrogen) atoms. The van der Waals surface area contributed by atoms with Gasteiger partial charge >= 0.3 is 5.69 Å². The topological polar surface area (TPSA) is 72.7 Å². The Morgan fingerprint density at radius 2 is 1.75 bits per heavy atom. The summed E-state index contributed by atoms with van der Waals surface area (Å²) in [6.45, 7) is 4.00. The lowest BCUT2D eigenvalue weighted by Gasteiger charge is -2.18. The molecule has 0 aliphatic carbocycles. The van der Waals surface area contributed by atoms with Gasteiger partial charge in [-0.15, -0.1) is 0 Å². The Kier molecular flexibility index (Phi) is 7.20. The van der Waals surface area contributed by atoms with E-state index >= 15 is 0 Å². The molecule has 0 heterocycles. The van der Waals surface area contributed by atoms with Crippen LogP contribution in [0.15, 0.2) is 42.5 Å². The quantitative estimate of drug-likeness (QED) is 0.598. The summed E-state index contributed by atoms with van der Waals surface area (Å²) >= 11 is 5.82. The number of carbonyl (C=O) groups excluding carboxylic acids is 1. The van der Waals surface area contributed by atoms with E-state index < -0.39 is 10.8 Å². The van der Waals surface area contributed by atoms with Gasteiger partial charge in [0.15, 0.2) is 0 Å². The normalized spacial score (nSPS) is 9.54. The second-order valence-electron chi connectivity index (χ2n) is 4.46. The molecule has 2 aromatic rings. The van der Waals surface area contributed by atoms with Crippen LogP contribution in [0, 0.1) is 10.1 Å². The van der Waals surface area contributed by atoms with Crippen molar-refractivity contribution >= 4 is 28.9 Å². The van der Waals surface area contributed by atoms with Crippen LogP contribution >= 0.6 is 11.6 Å². The van der Waals surface area contributed by atoms with E-state index in [0.29, 0.717) is 10.7 Å². The standard InChI is InChI=1S/C15H13ClN2O4.C2H6/c1-17(11-8-6-10(16)7-9-11)15(19)12-4-3-5-13(18(20)21)14(12)22-2;1-2/h3-9H,1-2H3;1-2H3. The Balaban J connectivity index is 0.00000139. The summed E-state index contributed by atoms with van der Waals surface area (Å²) < 4.78 is 5.05. The van der Waals surface area contributed by atoms with Crippen molar-refractivity contribution in [3.05, 3.63) is 63.2 Å². The number of methoxy groups -OCH3 is 1. The summed E-state index contributed by atoms with van der Waals surface area (Å²) in [4.78, 5) is 24.4. The first-order valence-electron chi connectivity index (χ1n) is 7.30. The molecule has 6 nitrogen and oxygen atoms in total. The van der Waals surface area contributed by atoms with Crippen molar-refractivity contribution in [2.24, 2.45) is 0 Å². The van der Waals surface area contributed by atoms with Gasteiger partial charge in [-0.2, -0.15) is 0 Å². The van der Waals surface area contributed by atoms with Crippen LogP contribution in [0.4, 0.5) is 11.4 Å². The first kappa shape index (κ1) is 19.4. The minimum absolute atomic E-state index is 0.0571. The molecule has 0 saturated carbocycles. The monoisotopic (exact) mass is 350 g/mol. The fraction of sp³-hybridized carbons (Fsp3) is 0.235. The predicted octanol–water partition coefficient (Wildman–Crippen LogP) is 4.56. The third-order valence-electron chi connectivity index (χ3n) is 3.14. The van der Waals surface area contributed by atoms with Crippen LogP contribution in [0.1, 0.15) is 24.2 Å². The first-order valence-corrected chi connectivity index (χ1v) is 7.68. The van der Waals surface area contributed by atoms with E-state index in [2.05, 4.69) is 0 Å². The van der Waals surface area contributed by atoms with Gasteiger partial charge in [-0.3, -0.25) is 14.9 Å². The molecule has 0 radical (unpaired) electrons. The molecule has 0 unspecified atom stereocenters. The summed E-state index contributed by atoms with van der Waals surface area (Å²) in [5.41, 5.74) is 0.481. The number of benzene rings is 2. The van der Waals surface area contributed by atoms with Gasteiger partial charge in [0.1, 0.15) is 0 Å². The summed E-state index contributed by atoms with van der Waals surface area (Å²) in [6.07, 6.45) is 0. The van der Waals surface area contributed by atoms with E-state index in [-0.39, 0.29) is 17.0 Å². The highest BCUT2D eigenvalue weighted by molar-refractivity contribution is 6.30. The number of hydrogen-bond donors (Lipinski definition) is 0. The maximum atomic E-state index is 12.6. The number of para-hydroxylation sites is 1. The van der Waals surface area contributed by atoms with E-state index in [1.807, 2.05) is 13.8 Å². The number of carbonyl (C=O) groups is 1. The van der Waals surface area contributed by atoms with Crippen LogP contribution in [-0.4, -0.2) is 25.0 Å². The van der Waals surface area contributed by atoms with E-state index in [1.54, 1.807) is 31.3 Å². The number of nitro benzene ring substituents is 1. The number of rotatable bonds is 4. The fourth-order valence-corrected chi connectivity index (χ4v) is 2.14. The Morgan fingerprint density at radius 3 is 2.25 bits per heavy atom. The van der Waals surface area contributed by atoms with Crippen molar-refractivity contribution in [1.82, 2.24) is 0 Å². The molecule has 0 aromatic heterocycles. The average molecular weight is 351 g/mol. The molecule has 0 N–H and O–H groups in total. The molecule has 0 spiro atoms. The van der Waals surface area contributed by atoms with E-state index in [9.17, 15) is 14.9 Å². The highest BCUT2D eigenvalue weighted by Crippen LogP contribution is 2.32. The lowest BCUT2D eigenvalue weighted by molar-refractivity contribution is -0.385. The fourth-order valence-electron chi connectivity index (χ4n) is 2.01. The maximum absolute atomic E-state index is 12.6. The van der Waals surface area contributed by atoms with Crippen molar-refractivity contribution in [2.45, 2.75) is 13.8 Å². The van der Waals surface area contributed by atoms with Gasteiger partial charge in [-0.1, -0.05) is 31.5 Å². The summed E-state index contributed by atoms with van der Waals surface area (Å²) in [5, 5.41) is 11.6. The Bertz CT molecular complexity index is 717. The van der Waals surface area contributed by atoms with Crippen LogP contribution in [-0.2, 0) is 0 Å². The van der Waals surface area contributed by atoms with E-state index in [1.165, 1.54) is 30.2 Å². The SMILES string of the molecule is CC.COc1c(C(=O)N(C)c2ccc(Cl)cc2)cccc1[N+](=O)[O-]. The molecule has 2 rings (SSSR count). The highest BCUT2D eigenvalue weighted by atomic mass is 35.5. The van der Waals surface area contributed by atoms with Crippen molar-refractivity contribution in [2.75, 3.05) is 19.1 Å². The minimum Gasteiger partial charge on any atom is -0.490 e. The lowest BCUT2D eigenvalue weighted by Crippen LogP contribution is -2.26. The van der Waals surface area contributed by atoms with Gasteiger partial charge in [0, 0.05) is 23.8 Å². The Hall–Kier alpha value is -2.60. The van der Waals surface area contributed by atoms with Gasteiger partial charge in [-0.25, -0.2) is 0 Å². The van der Waals surface area contributed by atoms with Crippen LogP contribution in [0.25, 0.3) is 0 Å². The zero-order valence-corrected chi connectivity index (χ0v) is 14.7. The maximum Gasteiger partial charge on any atom is 0.311 e. The van der Waals surface area contributed by atoms with Gasteiger partial charge in [-0.05, 0) is 30.3 Å². The molecule has 0 atom stereocenters. The van der Waals surface area contributed by atoms with Crippen LogP contribution in [0.3, 0.4) is 0 Å². The van der Waals surface area contributed by atoms with E-state index in [0.717, 1.165) is 0 Å². The van der Waals surface area contributed by atoms with Crippen LogP contribution in [0.2, 0.25) is 5.02 Å². The van der Waals surface area contributed by atoms with Gasteiger partial charge in [0.2, 0.25) is 5.75 Å². The number of ether oxygens (including phenoxy) is 1. The van der Waals surface area contributed by atoms with Crippen LogP contribution < -0.4 is 9.64 Å². The zero-order chi connectivity index (χ0) is 18.3. The molecule has 0 fully saturated rings. The summed E-state index contributed by atoms with van der Waals surface area (Å²) in [7, 11) is 2.87. The Labute approximate surface area is 145 Å². The zero-order valence-electron chi connectivity index (χ0n) is 13.9. The van der Waals surface area contributed by atoms with Crippen molar-refractivity contribution in [3.63, 3.8) is 0 Å². The highest BCUT2D eigenvalue weighted by Gasteiger charge is 2.25. The minimum atomic E-state index is -0.585. The molecule has 0 bridgehead atoms. The third kappa shape index (κ3) is 4.23. The number of anilines is 1. The number of hydrogen-bond acceptors (Lipinski definition) is 4. The number of nitrogens with zero attached hydrogens (tertiary/aromatic N) is 2. The molecule has 0 aliphatic heterocycles. The largest absolute Gasteiger partial charge is 0.490 e. The molecule has 2 aromatic carbocycles. The first-order chi connectivity index (χ1) is 11.5. The molecular weight excluding hydrogens is 332 g/mol. The number of amides is 1. The van der Waals surface area contributed by atoms with Crippen molar-refractivity contribution in [1.29, 1.82) is 0 Å². The average Bonchev–Trinajstić information content (AvgIpc) is 2.62. The molecule has 7 heteroatoms. The molecule has 0 saturated heterocycles. The molecular formula is C17H19ClN2O4. The molecule has 0 aliphatic rings. The Morgan fingerprint density at radius 1 is 1.17 bits per heavy atom. The van der Waals surface area contributed by atoms with Gasteiger partial charge in [0.25, 0.3) is 5.91 Å². The summed E-state index contributed by atoms with van der Waals surface area (Å²) in [6, 6.07) is 10.9. The third-order valence-corrected chi connectivity index (χ3v) is 3.40. The van der Waals surface area contributed by atoms with Crippen LogP contribution in [0.5, 0.6) is 5.75 Å². The van der Waals surface area contributed by atoms with Gasteiger partial charge in [0.05, 0.1) is 17.6 Å². The molecule has 1 amide bonds. The predicted molar refractivity (Wildman–Crippen MR) is 95.2 cm³/mol. The molecule has 128 valence electrons. The lowest BCUT2D eigenvalue weighted by atomic mass is 10.1. The van der Waals surface area contributed by atoms with Gasteiger partial charge < -0.3 is 9.64 Å². The number of halogens is 1.